The van der Waals surface area contributed by atoms with Crippen molar-refractivity contribution in [3.05, 3.63) is 22.7 Å². The van der Waals surface area contributed by atoms with Gasteiger partial charge in [-0.05, 0) is 34.1 Å². The number of benzene rings is 1. The first-order chi connectivity index (χ1) is 8.31. The molecule has 8 heteroatoms. The van der Waals surface area contributed by atoms with Crippen LogP contribution in [-0.4, -0.2) is 35.8 Å². The van der Waals surface area contributed by atoms with Crippen molar-refractivity contribution in [1.29, 1.82) is 0 Å². The fourth-order valence-corrected chi connectivity index (χ4v) is 1.63. The van der Waals surface area contributed by atoms with Crippen LogP contribution in [-0.2, 0) is 0 Å². The van der Waals surface area contributed by atoms with E-state index in [4.69, 9.17) is 10.2 Å². The van der Waals surface area contributed by atoms with Gasteiger partial charge in [-0.1, -0.05) is 0 Å². The topological polar surface area (TPSA) is 61.7 Å². The second-order valence-electron chi connectivity index (χ2n) is 3.41. The standard InChI is InChI=1S/C10H11BrF3NO3/c11-8-3-7(18-10(12,13)14)1-2-9(8)15-4-6(17)5-16/h1-3,6,15-17H,4-5H2. The van der Waals surface area contributed by atoms with Crippen molar-refractivity contribution in [3.8, 4) is 5.75 Å². The van der Waals surface area contributed by atoms with Gasteiger partial charge in [0.25, 0.3) is 0 Å². The largest absolute Gasteiger partial charge is 0.573 e. The van der Waals surface area contributed by atoms with E-state index in [2.05, 4.69) is 26.0 Å². The van der Waals surface area contributed by atoms with Gasteiger partial charge in [0.05, 0.1) is 12.7 Å². The summed E-state index contributed by atoms with van der Waals surface area (Å²) in [6.45, 7) is -0.325. The number of hydrogen-bond acceptors (Lipinski definition) is 4. The van der Waals surface area contributed by atoms with Crippen LogP contribution >= 0.6 is 15.9 Å². The maximum absolute atomic E-state index is 12.0. The van der Waals surface area contributed by atoms with Crippen LogP contribution in [0.1, 0.15) is 0 Å². The van der Waals surface area contributed by atoms with Crippen LogP contribution in [0.3, 0.4) is 0 Å². The van der Waals surface area contributed by atoms with Gasteiger partial charge in [-0.15, -0.1) is 13.2 Å². The molecule has 18 heavy (non-hydrogen) atoms. The molecule has 0 saturated carbocycles. The fourth-order valence-electron chi connectivity index (χ4n) is 1.13. The number of alkyl halides is 3. The minimum absolute atomic E-state index is 0.0780. The Hall–Kier alpha value is -0.990. The molecule has 3 N–H and O–H groups in total. The molecule has 1 aromatic rings. The molecule has 0 aliphatic carbocycles. The summed E-state index contributed by atoms with van der Waals surface area (Å²) >= 11 is 3.07. The summed E-state index contributed by atoms with van der Waals surface area (Å²) in [7, 11) is 0. The number of halogens is 4. The molecule has 0 amide bonds. The van der Waals surface area contributed by atoms with Crippen LogP contribution in [0.15, 0.2) is 22.7 Å². The van der Waals surface area contributed by atoms with Gasteiger partial charge in [0.2, 0.25) is 0 Å². The Morgan fingerprint density at radius 3 is 2.56 bits per heavy atom. The number of hydrogen-bond donors (Lipinski definition) is 3. The number of aliphatic hydroxyl groups is 2. The predicted octanol–water partition coefficient (Wildman–Crippen LogP) is 2.11. The summed E-state index contributed by atoms with van der Waals surface area (Å²) in [6, 6.07) is 3.67. The zero-order chi connectivity index (χ0) is 13.8. The first kappa shape index (κ1) is 15.1. The monoisotopic (exact) mass is 329 g/mol. The molecule has 0 heterocycles. The van der Waals surface area contributed by atoms with Crippen LogP contribution in [0.25, 0.3) is 0 Å². The highest BCUT2D eigenvalue weighted by atomic mass is 79.9. The van der Waals surface area contributed by atoms with Crippen LogP contribution < -0.4 is 10.1 Å². The predicted molar refractivity (Wildman–Crippen MR) is 62.4 cm³/mol. The minimum atomic E-state index is -4.73. The van der Waals surface area contributed by atoms with Crippen LogP contribution in [0.2, 0.25) is 0 Å². The molecule has 0 saturated heterocycles. The third-order valence-electron chi connectivity index (χ3n) is 1.91. The Balaban J connectivity index is 2.68. The second-order valence-corrected chi connectivity index (χ2v) is 4.26. The van der Waals surface area contributed by atoms with Crippen molar-refractivity contribution >= 4 is 21.6 Å². The number of anilines is 1. The molecule has 1 atom stereocenters. The zero-order valence-corrected chi connectivity index (χ0v) is 10.6. The lowest BCUT2D eigenvalue weighted by Gasteiger charge is -2.13. The number of ether oxygens (including phenoxy) is 1. The Morgan fingerprint density at radius 2 is 2.06 bits per heavy atom. The van der Waals surface area contributed by atoms with Crippen molar-refractivity contribution in [2.45, 2.75) is 12.5 Å². The van der Waals surface area contributed by atoms with E-state index in [1.54, 1.807) is 0 Å². The molecular weight excluding hydrogens is 319 g/mol. The Labute approximate surface area is 110 Å². The first-order valence-corrected chi connectivity index (χ1v) is 5.69. The highest BCUT2D eigenvalue weighted by Crippen LogP contribution is 2.30. The molecule has 102 valence electrons. The number of aliphatic hydroxyl groups excluding tert-OH is 2. The Bertz CT molecular complexity index is 400. The molecule has 4 nitrogen and oxygen atoms in total. The molecule has 0 spiro atoms. The Morgan fingerprint density at radius 1 is 1.39 bits per heavy atom. The molecule has 0 bridgehead atoms. The summed E-state index contributed by atoms with van der Waals surface area (Å²) < 4.78 is 40.0. The fraction of sp³-hybridized carbons (Fsp3) is 0.400. The maximum atomic E-state index is 12.0. The average Bonchev–Trinajstić information content (AvgIpc) is 2.25. The zero-order valence-electron chi connectivity index (χ0n) is 9.04. The van der Waals surface area contributed by atoms with Gasteiger partial charge >= 0.3 is 6.36 Å². The van der Waals surface area contributed by atoms with E-state index < -0.39 is 19.1 Å². The highest BCUT2D eigenvalue weighted by molar-refractivity contribution is 9.10. The molecule has 0 fully saturated rings. The van der Waals surface area contributed by atoms with Crippen LogP contribution in [0, 0.1) is 0 Å². The average molecular weight is 330 g/mol. The lowest BCUT2D eigenvalue weighted by molar-refractivity contribution is -0.274. The SMILES string of the molecule is OCC(O)CNc1ccc(OC(F)(F)F)cc1Br. The second kappa shape index (κ2) is 6.26. The van der Waals surface area contributed by atoms with Crippen LogP contribution in [0.4, 0.5) is 18.9 Å². The Kier molecular flexibility index (Phi) is 5.24. The van der Waals surface area contributed by atoms with E-state index in [-0.39, 0.29) is 12.3 Å². The quantitative estimate of drug-likeness (QED) is 0.774. The summed E-state index contributed by atoms with van der Waals surface area (Å²) in [4.78, 5) is 0. The summed E-state index contributed by atoms with van der Waals surface area (Å²) in [5.74, 6) is -0.345. The van der Waals surface area contributed by atoms with E-state index in [0.29, 0.717) is 10.2 Å². The van der Waals surface area contributed by atoms with Gasteiger partial charge < -0.3 is 20.3 Å². The molecule has 1 aromatic carbocycles. The van der Waals surface area contributed by atoms with Crippen LogP contribution in [0.5, 0.6) is 5.75 Å². The molecule has 1 unspecified atom stereocenters. The third-order valence-corrected chi connectivity index (χ3v) is 2.57. The molecule has 0 aromatic heterocycles. The van der Waals surface area contributed by atoms with Crippen molar-refractivity contribution in [3.63, 3.8) is 0 Å². The number of rotatable bonds is 5. The van der Waals surface area contributed by atoms with Gasteiger partial charge in [0, 0.05) is 16.7 Å². The van der Waals surface area contributed by atoms with E-state index in [1.165, 1.54) is 6.07 Å². The maximum Gasteiger partial charge on any atom is 0.573 e. The molecule has 0 aliphatic rings. The smallest absolute Gasteiger partial charge is 0.406 e. The van der Waals surface area contributed by atoms with Gasteiger partial charge in [-0.25, -0.2) is 0 Å². The van der Waals surface area contributed by atoms with Crippen molar-refractivity contribution in [2.24, 2.45) is 0 Å². The third kappa shape index (κ3) is 5.11. The van der Waals surface area contributed by atoms with Gasteiger partial charge in [-0.2, -0.15) is 0 Å². The summed E-state index contributed by atoms with van der Waals surface area (Å²) in [6.07, 6.45) is -5.68. The van der Waals surface area contributed by atoms with E-state index in [9.17, 15) is 13.2 Å². The first-order valence-electron chi connectivity index (χ1n) is 4.90. The normalized spacial score (nSPS) is 13.2. The summed E-state index contributed by atoms with van der Waals surface area (Å²) in [5, 5.41) is 20.5. The van der Waals surface area contributed by atoms with Gasteiger partial charge in [0.15, 0.2) is 0 Å². The van der Waals surface area contributed by atoms with Gasteiger partial charge in [-0.3, -0.25) is 0 Å². The minimum Gasteiger partial charge on any atom is -0.406 e. The van der Waals surface area contributed by atoms with Crippen molar-refractivity contribution in [2.75, 3.05) is 18.5 Å². The highest BCUT2D eigenvalue weighted by Gasteiger charge is 2.31. The number of nitrogens with one attached hydrogen (secondary N) is 1. The lowest BCUT2D eigenvalue weighted by Crippen LogP contribution is -2.23. The van der Waals surface area contributed by atoms with Gasteiger partial charge in [0.1, 0.15) is 5.75 Å². The molecular formula is C10H11BrF3NO3. The lowest BCUT2D eigenvalue weighted by atomic mass is 10.3. The molecule has 0 radical (unpaired) electrons. The molecule has 0 aliphatic heterocycles. The van der Waals surface area contributed by atoms with Crippen molar-refractivity contribution in [1.82, 2.24) is 0 Å². The summed E-state index contributed by atoms with van der Waals surface area (Å²) in [5.41, 5.74) is 0.483. The molecule has 1 rings (SSSR count). The van der Waals surface area contributed by atoms with E-state index in [1.807, 2.05) is 0 Å². The van der Waals surface area contributed by atoms with E-state index >= 15 is 0 Å². The van der Waals surface area contributed by atoms with E-state index in [0.717, 1.165) is 12.1 Å². The van der Waals surface area contributed by atoms with Crippen molar-refractivity contribution < 1.29 is 28.1 Å².